The van der Waals surface area contributed by atoms with Gasteiger partial charge in [-0.3, -0.25) is 0 Å². The zero-order valence-electron chi connectivity index (χ0n) is 10.6. The summed E-state index contributed by atoms with van der Waals surface area (Å²) in [5, 5.41) is 11.0. The van der Waals surface area contributed by atoms with Gasteiger partial charge in [-0.25, -0.2) is 4.98 Å². The molecule has 0 spiro atoms. The summed E-state index contributed by atoms with van der Waals surface area (Å²) in [5.41, 5.74) is 2.59. The fourth-order valence-electron chi connectivity index (χ4n) is 3.40. The predicted octanol–water partition coefficient (Wildman–Crippen LogP) is 1.99. The lowest BCUT2D eigenvalue weighted by Gasteiger charge is -2.38. The summed E-state index contributed by atoms with van der Waals surface area (Å²) in [4.78, 5) is 4.23. The molecule has 0 radical (unpaired) electrons. The number of hydrogen-bond acceptors (Lipinski definition) is 3. The summed E-state index contributed by atoms with van der Waals surface area (Å²) in [6, 6.07) is 8.16. The standard InChI is InChI=1S/C15H16N2O2/c18-15(6-3-7-19-9-15)14-12-5-2-1-4-11(12)13-8-16-10-17(13)14/h1-2,4-5,8,10,14,18H,3,6-7,9H2/t14-,15?/m0/s1. The van der Waals surface area contributed by atoms with E-state index in [1.807, 2.05) is 24.7 Å². The smallest absolute Gasteiger partial charge is 0.113 e. The van der Waals surface area contributed by atoms with Crippen molar-refractivity contribution in [2.75, 3.05) is 13.2 Å². The van der Waals surface area contributed by atoms with Crippen LogP contribution in [0.2, 0.25) is 0 Å². The van der Waals surface area contributed by atoms with Crippen LogP contribution in [0, 0.1) is 0 Å². The van der Waals surface area contributed by atoms with Crippen LogP contribution in [0.25, 0.3) is 11.3 Å². The normalized spacial score (nSPS) is 29.0. The average molecular weight is 256 g/mol. The quantitative estimate of drug-likeness (QED) is 0.849. The number of hydrogen-bond donors (Lipinski definition) is 1. The van der Waals surface area contributed by atoms with Crippen molar-refractivity contribution < 1.29 is 9.84 Å². The van der Waals surface area contributed by atoms with Gasteiger partial charge in [0.1, 0.15) is 5.60 Å². The van der Waals surface area contributed by atoms with Crippen molar-refractivity contribution in [1.29, 1.82) is 0 Å². The molecule has 1 fully saturated rings. The number of aromatic nitrogens is 2. The average Bonchev–Trinajstić information content (AvgIpc) is 2.99. The molecule has 2 aliphatic rings. The first-order chi connectivity index (χ1) is 9.30. The molecular formula is C15H16N2O2. The molecule has 2 aliphatic heterocycles. The van der Waals surface area contributed by atoms with Gasteiger partial charge in [0.25, 0.3) is 0 Å². The molecule has 1 aromatic heterocycles. The molecule has 1 aromatic carbocycles. The van der Waals surface area contributed by atoms with E-state index >= 15 is 0 Å². The molecule has 2 aromatic rings. The minimum Gasteiger partial charge on any atom is -0.385 e. The Bertz CT molecular complexity index is 614. The van der Waals surface area contributed by atoms with Gasteiger partial charge < -0.3 is 14.4 Å². The monoisotopic (exact) mass is 256 g/mol. The lowest BCUT2D eigenvalue weighted by molar-refractivity contribution is -0.105. The van der Waals surface area contributed by atoms with Crippen LogP contribution in [0.5, 0.6) is 0 Å². The first kappa shape index (κ1) is 11.2. The van der Waals surface area contributed by atoms with E-state index in [-0.39, 0.29) is 6.04 Å². The van der Waals surface area contributed by atoms with Crippen molar-refractivity contribution in [2.45, 2.75) is 24.5 Å². The summed E-state index contributed by atoms with van der Waals surface area (Å²) in [6.45, 7) is 1.14. The molecule has 98 valence electrons. The number of imidazole rings is 1. The number of aliphatic hydroxyl groups is 1. The van der Waals surface area contributed by atoms with Crippen LogP contribution in [0.1, 0.15) is 24.4 Å². The molecule has 1 saturated heterocycles. The topological polar surface area (TPSA) is 47.3 Å². The van der Waals surface area contributed by atoms with Crippen molar-refractivity contribution in [3.63, 3.8) is 0 Å². The highest BCUT2D eigenvalue weighted by Gasteiger charge is 2.45. The van der Waals surface area contributed by atoms with Gasteiger partial charge in [0.2, 0.25) is 0 Å². The molecule has 4 heteroatoms. The van der Waals surface area contributed by atoms with Crippen molar-refractivity contribution in [1.82, 2.24) is 9.55 Å². The van der Waals surface area contributed by atoms with E-state index in [1.54, 1.807) is 0 Å². The molecule has 3 heterocycles. The van der Waals surface area contributed by atoms with Gasteiger partial charge in [-0.05, 0) is 18.4 Å². The molecule has 1 unspecified atom stereocenters. The summed E-state index contributed by atoms with van der Waals surface area (Å²) in [5.74, 6) is 0. The predicted molar refractivity (Wildman–Crippen MR) is 70.8 cm³/mol. The van der Waals surface area contributed by atoms with Gasteiger partial charge in [-0.1, -0.05) is 24.3 Å². The Balaban J connectivity index is 1.89. The van der Waals surface area contributed by atoms with Crippen LogP contribution >= 0.6 is 0 Å². The van der Waals surface area contributed by atoms with Crippen molar-refractivity contribution in [3.8, 4) is 11.3 Å². The minimum atomic E-state index is -0.833. The van der Waals surface area contributed by atoms with Crippen LogP contribution in [0.4, 0.5) is 0 Å². The Morgan fingerprint density at radius 1 is 1.37 bits per heavy atom. The number of fused-ring (bicyclic) bond motifs is 3. The molecule has 0 amide bonds. The van der Waals surface area contributed by atoms with E-state index in [1.165, 1.54) is 11.1 Å². The Kier molecular flexibility index (Phi) is 2.31. The van der Waals surface area contributed by atoms with Gasteiger partial charge in [0.05, 0.1) is 30.9 Å². The maximum absolute atomic E-state index is 11.0. The van der Waals surface area contributed by atoms with E-state index in [0.717, 1.165) is 25.1 Å². The van der Waals surface area contributed by atoms with Gasteiger partial charge in [-0.15, -0.1) is 0 Å². The molecule has 0 aliphatic carbocycles. The van der Waals surface area contributed by atoms with E-state index in [2.05, 4.69) is 21.7 Å². The molecule has 0 saturated carbocycles. The molecule has 4 rings (SSSR count). The molecule has 1 N–H and O–H groups in total. The Labute approximate surface area is 111 Å². The van der Waals surface area contributed by atoms with Crippen LogP contribution in [0.15, 0.2) is 36.8 Å². The Morgan fingerprint density at radius 2 is 2.26 bits per heavy atom. The maximum atomic E-state index is 11.0. The molecular weight excluding hydrogens is 240 g/mol. The molecule has 0 bridgehead atoms. The first-order valence-corrected chi connectivity index (χ1v) is 6.71. The van der Waals surface area contributed by atoms with Crippen molar-refractivity contribution >= 4 is 0 Å². The highest BCUT2D eigenvalue weighted by Crippen LogP contribution is 2.46. The Morgan fingerprint density at radius 3 is 3.11 bits per heavy atom. The highest BCUT2D eigenvalue weighted by molar-refractivity contribution is 5.69. The van der Waals surface area contributed by atoms with E-state index in [4.69, 9.17) is 4.74 Å². The SMILES string of the molecule is OC1([C@@H]2c3ccccc3-c3cncn32)CCCOC1. The lowest BCUT2D eigenvalue weighted by atomic mass is 9.84. The zero-order chi connectivity index (χ0) is 12.9. The summed E-state index contributed by atoms with van der Waals surface area (Å²) in [7, 11) is 0. The lowest BCUT2D eigenvalue weighted by Crippen LogP contribution is -2.45. The fraction of sp³-hybridized carbons (Fsp3) is 0.400. The Hall–Kier alpha value is -1.65. The first-order valence-electron chi connectivity index (χ1n) is 6.71. The van der Waals surface area contributed by atoms with Crippen LogP contribution in [0.3, 0.4) is 0 Å². The molecule has 4 nitrogen and oxygen atoms in total. The number of ether oxygens (including phenoxy) is 1. The second kappa shape index (κ2) is 3.92. The second-order valence-corrected chi connectivity index (χ2v) is 5.44. The highest BCUT2D eigenvalue weighted by atomic mass is 16.5. The van der Waals surface area contributed by atoms with E-state index in [9.17, 15) is 5.11 Å². The maximum Gasteiger partial charge on any atom is 0.113 e. The van der Waals surface area contributed by atoms with E-state index in [0.29, 0.717) is 6.61 Å². The molecule has 19 heavy (non-hydrogen) atoms. The summed E-state index contributed by atoms with van der Waals surface area (Å²) in [6.07, 6.45) is 5.35. The minimum absolute atomic E-state index is 0.0819. The third-order valence-corrected chi connectivity index (χ3v) is 4.23. The number of nitrogens with zero attached hydrogens (tertiary/aromatic N) is 2. The second-order valence-electron chi connectivity index (χ2n) is 5.44. The van der Waals surface area contributed by atoms with Crippen LogP contribution in [-0.2, 0) is 4.74 Å². The third kappa shape index (κ3) is 1.50. The molecule has 2 atom stereocenters. The summed E-state index contributed by atoms with van der Waals surface area (Å²) < 4.78 is 7.60. The van der Waals surface area contributed by atoms with Crippen LogP contribution < -0.4 is 0 Å². The van der Waals surface area contributed by atoms with E-state index < -0.39 is 5.60 Å². The van der Waals surface area contributed by atoms with Gasteiger partial charge in [0.15, 0.2) is 0 Å². The van der Waals surface area contributed by atoms with Gasteiger partial charge in [0, 0.05) is 12.2 Å². The van der Waals surface area contributed by atoms with Crippen molar-refractivity contribution in [2.24, 2.45) is 0 Å². The van der Waals surface area contributed by atoms with Crippen molar-refractivity contribution in [3.05, 3.63) is 42.4 Å². The third-order valence-electron chi connectivity index (χ3n) is 4.23. The number of benzene rings is 1. The largest absolute Gasteiger partial charge is 0.385 e. The number of rotatable bonds is 1. The van der Waals surface area contributed by atoms with Gasteiger partial charge in [-0.2, -0.15) is 0 Å². The van der Waals surface area contributed by atoms with Gasteiger partial charge >= 0.3 is 0 Å². The zero-order valence-corrected chi connectivity index (χ0v) is 10.6. The van der Waals surface area contributed by atoms with Crippen LogP contribution in [-0.4, -0.2) is 33.5 Å². The fourth-order valence-corrected chi connectivity index (χ4v) is 3.40. The summed E-state index contributed by atoms with van der Waals surface area (Å²) >= 11 is 0.